The molecule has 0 aliphatic carbocycles. The summed E-state index contributed by atoms with van der Waals surface area (Å²) in [4.78, 5) is 9.75. The average molecular weight is 336 g/mol. The van der Waals surface area contributed by atoms with Gasteiger partial charge in [0.05, 0.1) is 16.7 Å². The van der Waals surface area contributed by atoms with Crippen LogP contribution in [0.2, 0.25) is 0 Å². The zero-order chi connectivity index (χ0) is 15.8. The zero-order valence-electron chi connectivity index (χ0n) is 12.7. The number of anilines is 1. The number of thiocarbonyl (C=S) groups is 1. The SMILES string of the molecule is CC(C)OCCCNC(=S)Nc1nccc(-c2cccs2)n1. The summed E-state index contributed by atoms with van der Waals surface area (Å²) in [6.07, 6.45) is 2.89. The van der Waals surface area contributed by atoms with Crippen LogP contribution in [0.25, 0.3) is 10.6 Å². The predicted octanol–water partition coefficient (Wildman–Crippen LogP) is 3.31. The first-order valence-corrected chi connectivity index (χ1v) is 8.47. The molecule has 2 aromatic heterocycles. The molecule has 2 N–H and O–H groups in total. The van der Waals surface area contributed by atoms with Gasteiger partial charge in [-0.05, 0) is 50.0 Å². The van der Waals surface area contributed by atoms with E-state index in [4.69, 9.17) is 17.0 Å². The van der Waals surface area contributed by atoms with E-state index in [2.05, 4.69) is 20.6 Å². The quantitative estimate of drug-likeness (QED) is 0.597. The van der Waals surface area contributed by atoms with E-state index in [0.29, 0.717) is 11.1 Å². The molecular formula is C15H20N4OS2. The molecule has 5 nitrogen and oxygen atoms in total. The lowest BCUT2D eigenvalue weighted by molar-refractivity contribution is 0.0777. The third kappa shape index (κ3) is 5.67. The third-order valence-corrected chi connectivity index (χ3v) is 3.85. The van der Waals surface area contributed by atoms with Crippen LogP contribution >= 0.6 is 23.6 Å². The summed E-state index contributed by atoms with van der Waals surface area (Å²) >= 11 is 6.88. The van der Waals surface area contributed by atoms with Crippen LogP contribution in [0, 0.1) is 0 Å². The maximum absolute atomic E-state index is 5.47. The van der Waals surface area contributed by atoms with E-state index in [1.807, 2.05) is 37.4 Å². The molecule has 2 aromatic rings. The molecule has 0 aromatic carbocycles. The molecule has 0 radical (unpaired) electrons. The minimum absolute atomic E-state index is 0.262. The fourth-order valence-corrected chi connectivity index (χ4v) is 2.61. The Morgan fingerprint density at radius 1 is 1.41 bits per heavy atom. The Morgan fingerprint density at radius 3 is 3.00 bits per heavy atom. The van der Waals surface area contributed by atoms with E-state index in [1.54, 1.807) is 17.5 Å². The Labute approximate surface area is 140 Å². The molecule has 0 amide bonds. The molecular weight excluding hydrogens is 316 g/mol. The van der Waals surface area contributed by atoms with Crippen LogP contribution in [-0.4, -0.2) is 34.3 Å². The smallest absolute Gasteiger partial charge is 0.229 e. The van der Waals surface area contributed by atoms with Crippen molar-refractivity contribution in [1.82, 2.24) is 15.3 Å². The van der Waals surface area contributed by atoms with Gasteiger partial charge in [-0.25, -0.2) is 9.97 Å². The average Bonchev–Trinajstić information content (AvgIpc) is 3.01. The van der Waals surface area contributed by atoms with Crippen LogP contribution in [0.1, 0.15) is 20.3 Å². The van der Waals surface area contributed by atoms with Gasteiger partial charge >= 0.3 is 0 Å². The van der Waals surface area contributed by atoms with Gasteiger partial charge in [0, 0.05) is 19.3 Å². The van der Waals surface area contributed by atoms with E-state index in [-0.39, 0.29) is 6.10 Å². The summed E-state index contributed by atoms with van der Waals surface area (Å²) in [5.41, 5.74) is 0.889. The van der Waals surface area contributed by atoms with Crippen molar-refractivity contribution in [2.75, 3.05) is 18.5 Å². The van der Waals surface area contributed by atoms with Gasteiger partial charge in [0.1, 0.15) is 0 Å². The van der Waals surface area contributed by atoms with Gasteiger partial charge < -0.3 is 15.4 Å². The van der Waals surface area contributed by atoms with Gasteiger partial charge in [0.25, 0.3) is 0 Å². The molecule has 0 bridgehead atoms. The van der Waals surface area contributed by atoms with Crippen molar-refractivity contribution < 1.29 is 4.74 Å². The Balaban J connectivity index is 1.78. The highest BCUT2D eigenvalue weighted by Crippen LogP contribution is 2.22. The summed E-state index contributed by atoms with van der Waals surface area (Å²) in [7, 11) is 0. The molecule has 22 heavy (non-hydrogen) atoms. The van der Waals surface area contributed by atoms with Gasteiger partial charge in [-0.2, -0.15) is 0 Å². The largest absolute Gasteiger partial charge is 0.379 e. The van der Waals surface area contributed by atoms with Crippen molar-refractivity contribution in [2.24, 2.45) is 0 Å². The monoisotopic (exact) mass is 336 g/mol. The molecule has 0 aliphatic rings. The van der Waals surface area contributed by atoms with Crippen LogP contribution in [0.5, 0.6) is 0 Å². The van der Waals surface area contributed by atoms with Crippen molar-refractivity contribution in [2.45, 2.75) is 26.4 Å². The van der Waals surface area contributed by atoms with Crippen molar-refractivity contribution in [1.29, 1.82) is 0 Å². The molecule has 2 heterocycles. The second kappa shape index (κ2) is 8.77. The first-order valence-electron chi connectivity index (χ1n) is 7.18. The minimum atomic E-state index is 0.262. The lowest BCUT2D eigenvalue weighted by Crippen LogP contribution is -2.30. The first kappa shape index (κ1) is 16.8. The normalized spacial score (nSPS) is 10.7. The highest BCUT2D eigenvalue weighted by Gasteiger charge is 2.04. The summed E-state index contributed by atoms with van der Waals surface area (Å²) in [5.74, 6) is 0.502. The number of ether oxygens (including phenoxy) is 1. The number of nitrogens with zero attached hydrogens (tertiary/aromatic N) is 2. The van der Waals surface area contributed by atoms with Crippen LogP contribution in [0.15, 0.2) is 29.8 Å². The number of nitrogens with one attached hydrogen (secondary N) is 2. The molecule has 0 saturated carbocycles. The van der Waals surface area contributed by atoms with E-state index in [0.717, 1.165) is 30.1 Å². The van der Waals surface area contributed by atoms with Gasteiger partial charge in [-0.3, -0.25) is 0 Å². The van der Waals surface area contributed by atoms with Gasteiger partial charge in [0.15, 0.2) is 5.11 Å². The highest BCUT2D eigenvalue weighted by molar-refractivity contribution is 7.80. The number of hydrogen-bond donors (Lipinski definition) is 2. The molecule has 0 spiro atoms. The summed E-state index contributed by atoms with van der Waals surface area (Å²) in [5, 5.41) is 8.67. The van der Waals surface area contributed by atoms with Gasteiger partial charge in [-0.15, -0.1) is 11.3 Å². The third-order valence-electron chi connectivity index (χ3n) is 2.71. The Morgan fingerprint density at radius 2 is 2.27 bits per heavy atom. The van der Waals surface area contributed by atoms with E-state index in [1.165, 1.54) is 0 Å². The van der Waals surface area contributed by atoms with Crippen LogP contribution in [0.4, 0.5) is 5.95 Å². The van der Waals surface area contributed by atoms with Crippen molar-refractivity contribution in [3.05, 3.63) is 29.8 Å². The highest BCUT2D eigenvalue weighted by atomic mass is 32.1. The topological polar surface area (TPSA) is 59.1 Å². The molecule has 2 rings (SSSR count). The number of aromatic nitrogens is 2. The second-order valence-electron chi connectivity index (χ2n) is 4.90. The van der Waals surface area contributed by atoms with E-state index in [9.17, 15) is 0 Å². The number of hydrogen-bond acceptors (Lipinski definition) is 5. The van der Waals surface area contributed by atoms with Crippen LogP contribution in [-0.2, 0) is 4.74 Å². The lowest BCUT2D eigenvalue weighted by atomic mass is 10.3. The second-order valence-corrected chi connectivity index (χ2v) is 6.25. The number of thiophene rings is 1. The van der Waals surface area contributed by atoms with Crippen molar-refractivity contribution in [3.63, 3.8) is 0 Å². The summed E-state index contributed by atoms with van der Waals surface area (Å²) in [6, 6.07) is 5.92. The Kier molecular flexibility index (Phi) is 6.70. The molecule has 7 heteroatoms. The maximum Gasteiger partial charge on any atom is 0.229 e. The molecule has 0 aliphatic heterocycles. The molecule has 0 saturated heterocycles. The Hall–Kier alpha value is -1.57. The summed E-state index contributed by atoms with van der Waals surface area (Å²) < 4.78 is 5.47. The van der Waals surface area contributed by atoms with Crippen LogP contribution in [0.3, 0.4) is 0 Å². The fourth-order valence-electron chi connectivity index (χ4n) is 1.72. The molecule has 0 atom stereocenters. The van der Waals surface area contributed by atoms with Gasteiger partial charge in [-0.1, -0.05) is 6.07 Å². The maximum atomic E-state index is 5.47. The predicted molar refractivity (Wildman–Crippen MR) is 95.3 cm³/mol. The summed E-state index contributed by atoms with van der Waals surface area (Å²) in [6.45, 7) is 5.52. The van der Waals surface area contributed by atoms with E-state index < -0.39 is 0 Å². The molecule has 118 valence electrons. The first-order chi connectivity index (χ1) is 10.6. The molecule has 0 unspecified atom stereocenters. The Bertz CT molecular complexity index is 587. The minimum Gasteiger partial charge on any atom is -0.379 e. The zero-order valence-corrected chi connectivity index (χ0v) is 14.3. The van der Waals surface area contributed by atoms with Crippen LogP contribution < -0.4 is 10.6 Å². The number of rotatable bonds is 7. The van der Waals surface area contributed by atoms with Crippen molar-refractivity contribution >= 4 is 34.6 Å². The lowest BCUT2D eigenvalue weighted by Gasteiger charge is -2.11. The van der Waals surface area contributed by atoms with E-state index >= 15 is 0 Å². The van der Waals surface area contributed by atoms with Gasteiger partial charge in [0.2, 0.25) is 5.95 Å². The molecule has 0 fully saturated rings. The fraction of sp³-hybridized carbons (Fsp3) is 0.400. The standard InChI is InChI=1S/C15H20N4OS2/c1-11(2)20-9-4-7-17-15(21)19-14-16-8-6-12(18-14)13-5-3-10-22-13/h3,5-6,8,10-11H,4,7,9H2,1-2H3,(H2,16,17,18,19,21). The van der Waals surface area contributed by atoms with Crippen molar-refractivity contribution in [3.8, 4) is 10.6 Å².